The SMILES string of the molecule is C[C@@H]1CCCN(CCCNC(=O)Cn2cccc2-c2nc(-c3ccc(Cl)cc3)cs2)C1. The van der Waals surface area contributed by atoms with Crippen molar-refractivity contribution in [2.75, 3.05) is 26.2 Å². The molecule has 0 radical (unpaired) electrons. The maximum Gasteiger partial charge on any atom is 0.239 e. The Morgan fingerprint density at radius 2 is 2.13 bits per heavy atom. The number of piperidine rings is 1. The Balaban J connectivity index is 1.29. The Kier molecular flexibility index (Phi) is 7.43. The molecule has 0 unspecified atom stereocenters. The molecular formula is C24H29ClN4OS. The average Bonchev–Trinajstić information content (AvgIpc) is 3.41. The van der Waals surface area contributed by atoms with Crippen LogP contribution in [0.5, 0.6) is 0 Å². The number of benzene rings is 1. The summed E-state index contributed by atoms with van der Waals surface area (Å²) in [6.07, 6.45) is 5.56. The average molecular weight is 457 g/mol. The summed E-state index contributed by atoms with van der Waals surface area (Å²) in [5.41, 5.74) is 2.91. The molecule has 2 aromatic heterocycles. The van der Waals surface area contributed by atoms with E-state index in [1.807, 2.05) is 52.5 Å². The molecule has 164 valence electrons. The molecule has 7 heteroatoms. The summed E-state index contributed by atoms with van der Waals surface area (Å²) in [6, 6.07) is 11.7. The fourth-order valence-electron chi connectivity index (χ4n) is 4.12. The van der Waals surface area contributed by atoms with E-state index in [4.69, 9.17) is 16.6 Å². The number of carbonyl (C=O) groups is 1. The second-order valence-corrected chi connectivity index (χ2v) is 9.61. The minimum Gasteiger partial charge on any atom is -0.355 e. The van der Waals surface area contributed by atoms with Gasteiger partial charge in [-0.05, 0) is 62.5 Å². The van der Waals surface area contributed by atoms with Crippen molar-refractivity contribution in [3.8, 4) is 22.0 Å². The molecular weight excluding hydrogens is 428 g/mol. The van der Waals surface area contributed by atoms with E-state index < -0.39 is 0 Å². The van der Waals surface area contributed by atoms with Crippen LogP contribution in [0.3, 0.4) is 0 Å². The second kappa shape index (κ2) is 10.4. The van der Waals surface area contributed by atoms with Gasteiger partial charge in [-0.25, -0.2) is 4.98 Å². The largest absolute Gasteiger partial charge is 0.355 e. The lowest BCUT2D eigenvalue weighted by Gasteiger charge is -2.30. The fraction of sp³-hybridized carbons (Fsp3) is 0.417. The zero-order valence-electron chi connectivity index (χ0n) is 17.9. The van der Waals surface area contributed by atoms with Crippen molar-refractivity contribution in [3.63, 3.8) is 0 Å². The van der Waals surface area contributed by atoms with Crippen LogP contribution in [-0.4, -0.2) is 46.5 Å². The lowest BCUT2D eigenvalue weighted by molar-refractivity contribution is -0.121. The van der Waals surface area contributed by atoms with E-state index in [1.165, 1.54) is 25.9 Å². The van der Waals surface area contributed by atoms with E-state index in [2.05, 4.69) is 17.1 Å². The summed E-state index contributed by atoms with van der Waals surface area (Å²) in [6.45, 7) is 6.79. The topological polar surface area (TPSA) is 50.2 Å². The molecule has 5 nitrogen and oxygen atoms in total. The molecule has 0 spiro atoms. The molecule has 1 aromatic carbocycles. The highest BCUT2D eigenvalue weighted by Crippen LogP contribution is 2.29. The predicted octanol–water partition coefficient (Wildman–Crippen LogP) is 5.17. The monoisotopic (exact) mass is 456 g/mol. The Bertz CT molecular complexity index is 997. The van der Waals surface area contributed by atoms with E-state index in [0.717, 1.165) is 47.4 Å². The summed E-state index contributed by atoms with van der Waals surface area (Å²) < 4.78 is 1.96. The van der Waals surface area contributed by atoms with Crippen LogP contribution < -0.4 is 5.32 Å². The summed E-state index contributed by atoms with van der Waals surface area (Å²) in [5.74, 6) is 0.834. The van der Waals surface area contributed by atoms with Crippen molar-refractivity contribution in [2.45, 2.75) is 32.7 Å². The van der Waals surface area contributed by atoms with Gasteiger partial charge >= 0.3 is 0 Å². The lowest BCUT2D eigenvalue weighted by Crippen LogP contribution is -2.37. The van der Waals surface area contributed by atoms with Gasteiger partial charge in [-0.3, -0.25) is 4.79 Å². The fourth-order valence-corrected chi connectivity index (χ4v) is 5.12. The molecule has 4 rings (SSSR count). The Morgan fingerprint density at radius 1 is 1.29 bits per heavy atom. The molecule has 3 heterocycles. The van der Waals surface area contributed by atoms with Gasteiger partial charge in [-0.1, -0.05) is 30.7 Å². The van der Waals surface area contributed by atoms with Gasteiger partial charge in [0.15, 0.2) is 0 Å². The molecule has 0 saturated carbocycles. The van der Waals surface area contributed by atoms with Crippen molar-refractivity contribution < 1.29 is 4.79 Å². The highest BCUT2D eigenvalue weighted by Gasteiger charge is 2.16. The normalized spacial score (nSPS) is 17.0. The van der Waals surface area contributed by atoms with Gasteiger partial charge in [0, 0.05) is 35.3 Å². The minimum atomic E-state index is 0.0407. The highest BCUT2D eigenvalue weighted by molar-refractivity contribution is 7.13. The van der Waals surface area contributed by atoms with Crippen LogP contribution >= 0.6 is 22.9 Å². The number of rotatable bonds is 8. The summed E-state index contributed by atoms with van der Waals surface area (Å²) in [4.78, 5) is 19.8. The molecule has 1 atom stereocenters. The van der Waals surface area contributed by atoms with E-state index in [9.17, 15) is 4.79 Å². The van der Waals surface area contributed by atoms with Gasteiger partial charge < -0.3 is 14.8 Å². The number of thiazole rings is 1. The van der Waals surface area contributed by atoms with Crippen LogP contribution in [0.15, 0.2) is 48.0 Å². The summed E-state index contributed by atoms with van der Waals surface area (Å²) in [7, 11) is 0. The number of halogens is 1. The summed E-state index contributed by atoms with van der Waals surface area (Å²) >= 11 is 7.57. The minimum absolute atomic E-state index is 0.0407. The van der Waals surface area contributed by atoms with Crippen LogP contribution in [0.1, 0.15) is 26.2 Å². The first kappa shape index (κ1) is 22.1. The maximum atomic E-state index is 12.5. The highest BCUT2D eigenvalue weighted by atomic mass is 35.5. The summed E-state index contributed by atoms with van der Waals surface area (Å²) in [5, 5.41) is 6.73. The zero-order valence-corrected chi connectivity index (χ0v) is 19.5. The van der Waals surface area contributed by atoms with Crippen molar-refractivity contribution in [1.29, 1.82) is 0 Å². The molecule has 0 aliphatic carbocycles. The van der Waals surface area contributed by atoms with E-state index >= 15 is 0 Å². The Morgan fingerprint density at radius 3 is 2.94 bits per heavy atom. The number of aromatic nitrogens is 2. The van der Waals surface area contributed by atoms with Gasteiger partial charge in [0.25, 0.3) is 0 Å². The van der Waals surface area contributed by atoms with Crippen LogP contribution in [0.25, 0.3) is 22.0 Å². The van der Waals surface area contributed by atoms with Crippen LogP contribution in [-0.2, 0) is 11.3 Å². The van der Waals surface area contributed by atoms with Crippen molar-refractivity contribution >= 4 is 28.8 Å². The molecule has 1 amide bonds. The second-order valence-electron chi connectivity index (χ2n) is 8.32. The molecule has 3 aromatic rings. The molecule has 1 N–H and O–H groups in total. The first-order valence-electron chi connectivity index (χ1n) is 10.9. The third-order valence-corrected chi connectivity index (χ3v) is 6.84. The molecule has 31 heavy (non-hydrogen) atoms. The molecule has 0 bridgehead atoms. The Hall–Kier alpha value is -2.15. The number of carbonyl (C=O) groups excluding carboxylic acids is 1. The number of hydrogen-bond donors (Lipinski definition) is 1. The lowest BCUT2D eigenvalue weighted by atomic mass is 10.0. The van der Waals surface area contributed by atoms with Gasteiger partial charge in [0.05, 0.1) is 11.4 Å². The first-order valence-corrected chi connectivity index (χ1v) is 12.2. The van der Waals surface area contributed by atoms with Crippen molar-refractivity contribution in [2.24, 2.45) is 5.92 Å². The van der Waals surface area contributed by atoms with E-state index in [1.54, 1.807) is 11.3 Å². The number of amides is 1. The van der Waals surface area contributed by atoms with Crippen LogP contribution in [0, 0.1) is 5.92 Å². The Labute approximate surface area is 193 Å². The van der Waals surface area contributed by atoms with Crippen LogP contribution in [0.2, 0.25) is 5.02 Å². The maximum absolute atomic E-state index is 12.5. The standard InChI is InChI=1S/C24H29ClN4OS/c1-18-5-2-12-28(15-18)13-4-11-26-23(30)16-29-14-3-6-22(29)24-27-21(17-31-24)19-7-9-20(25)10-8-19/h3,6-10,14,17-18H,2,4-5,11-13,15-16H2,1H3,(H,26,30)/t18-/m1/s1. The predicted molar refractivity (Wildman–Crippen MR) is 128 cm³/mol. The van der Waals surface area contributed by atoms with Crippen LogP contribution in [0.4, 0.5) is 0 Å². The quantitative estimate of drug-likeness (QED) is 0.475. The molecule has 1 fully saturated rings. The van der Waals surface area contributed by atoms with Gasteiger partial charge in [0.1, 0.15) is 11.6 Å². The smallest absolute Gasteiger partial charge is 0.239 e. The van der Waals surface area contributed by atoms with E-state index in [-0.39, 0.29) is 5.91 Å². The third kappa shape index (κ3) is 5.97. The third-order valence-electron chi connectivity index (χ3n) is 5.72. The van der Waals surface area contributed by atoms with Gasteiger partial charge in [-0.15, -0.1) is 11.3 Å². The van der Waals surface area contributed by atoms with Gasteiger partial charge in [0.2, 0.25) is 5.91 Å². The molecule has 1 aliphatic rings. The van der Waals surface area contributed by atoms with Gasteiger partial charge in [-0.2, -0.15) is 0 Å². The number of hydrogen-bond acceptors (Lipinski definition) is 4. The van der Waals surface area contributed by atoms with Crippen molar-refractivity contribution in [3.05, 3.63) is 53.0 Å². The number of likely N-dealkylation sites (tertiary alicyclic amines) is 1. The number of nitrogens with zero attached hydrogens (tertiary/aromatic N) is 3. The van der Waals surface area contributed by atoms with E-state index in [0.29, 0.717) is 11.6 Å². The first-order chi connectivity index (χ1) is 15.1. The zero-order chi connectivity index (χ0) is 21.6. The molecule has 1 aliphatic heterocycles. The van der Waals surface area contributed by atoms with Crippen molar-refractivity contribution in [1.82, 2.24) is 19.8 Å². The number of nitrogens with one attached hydrogen (secondary N) is 1. The molecule has 1 saturated heterocycles.